The van der Waals surface area contributed by atoms with Crippen molar-refractivity contribution in [2.24, 2.45) is 0 Å². The van der Waals surface area contributed by atoms with Crippen LogP contribution in [0, 0.1) is 0 Å². The predicted molar refractivity (Wildman–Crippen MR) is 60.5 cm³/mol. The smallest absolute Gasteiger partial charge is 0.336 e. The fraction of sp³-hybridized carbons (Fsp3) is 0.333. The molecule has 0 saturated heterocycles. The van der Waals surface area contributed by atoms with Gasteiger partial charge in [-0.15, -0.1) is 0 Å². The van der Waals surface area contributed by atoms with Gasteiger partial charge in [0.2, 0.25) is 5.91 Å². The number of hydrogen-bond acceptors (Lipinski definition) is 2. The summed E-state index contributed by atoms with van der Waals surface area (Å²) in [6, 6.07) is 3.60. The van der Waals surface area contributed by atoms with Crippen molar-refractivity contribution < 1.29 is 23.5 Å². The number of carboxylic acids is 1. The van der Waals surface area contributed by atoms with Crippen LogP contribution in [0.15, 0.2) is 18.2 Å². The van der Waals surface area contributed by atoms with E-state index in [4.69, 9.17) is 5.11 Å². The van der Waals surface area contributed by atoms with Crippen molar-refractivity contribution in [1.29, 1.82) is 0 Å². The molecule has 1 rings (SSSR count). The van der Waals surface area contributed by atoms with Gasteiger partial charge in [0.25, 0.3) is 6.43 Å². The summed E-state index contributed by atoms with van der Waals surface area (Å²) in [4.78, 5) is 21.9. The molecule has 0 fully saturated rings. The highest BCUT2D eigenvalue weighted by Gasteiger charge is 2.18. The van der Waals surface area contributed by atoms with Crippen molar-refractivity contribution in [3.05, 3.63) is 34.9 Å². The zero-order chi connectivity index (χ0) is 13.7. The maximum absolute atomic E-state index is 12.6. The summed E-state index contributed by atoms with van der Waals surface area (Å²) in [6.07, 6.45) is -2.53. The Kier molecular flexibility index (Phi) is 4.76. The van der Waals surface area contributed by atoms with E-state index < -0.39 is 23.5 Å². The van der Waals surface area contributed by atoms with Crippen LogP contribution >= 0.6 is 0 Å². The van der Waals surface area contributed by atoms with E-state index in [0.717, 1.165) is 12.1 Å². The lowest BCUT2D eigenvalue weighted by Gasteiger charge is -2.09. The molecule has 6 heteroatoms. The molecule has 2 N–H and O–H groups in total. The quantitative estimate of drug-likeness (QED) is 0.850. The highest BCUT2D eigenvalue weighted by molar-refractivity contribution is 5.89. The van der Waals surface area contributed by atoms with Crippen LogP contribution in [-0.2, 0) is 11.3 Å². The van der Waals surface area contributed by atoms with E-state index in [9.17, 15) is 18.4 Å². The van der Waals surface area contributed by atoms with Gasteiger partial charge < -0.3 is 10.4 Å². The first-order valence-corrected chi connectivity index (χ1v) is 5.36. The fourth-order valence-electron chi connectivity index (χ4n) is 1.41. The second-order valence-electron chi connectivity index (χ2n) is 3.66. The molecule has 0 bridgehead atoms. The van der Waals surface area contributed by atoms with Crippen LogP contribution in [0.3, 0.4) is 0 Å². The molecule has 1 amide bonds. The standard InChI is InChI=1S/C12H13F2NO3/c1-2-10(16)15-6-7-3-4-8(11(13)14)9(5-7)12(17)18/h3-5,11H,2,6H2,1H3,(H,15,16)(H,17,18). The van der Waals surface area contributed by atoms with Crippen LogP contribution in [0.1, 0.15) is 41.3 Å². The number of carbonyl (C=O) groups excluding carboxylic acids is 1. The molecule has 1 aromatic rings. The third kappa shape index (κ3) is 3.51. The number of halogens is 2. The van der Waals surface area contributed by atoms with Crippen molar-refractivity contribution in [3.8, 4) is 0 Å². The van der Waals surface area contributed by atoms with E-state index in [1.165, 1.54) is 6.07 Å². The Morgan fingerprint density at radius 2 is 2.06 bits per heavy atom. The zero-order valence-corrected chi connectivity index (χ0v) is 9.74. The molecule has 1 aromatic carbocycles. The summed E-state index contributed by atoms with van der Waals surface area (Å²) in [7, 11) is 0. The second-order valence-corrected chi connectivity index (χ2v) is 3.66. The summed E-state index contributed by atoms with van der Waals surface area (Å²) in [5.74, 6) is -1.60. The lowest BCUT2D eigenvalue weighted by atomic mass is 10.0. The number of amides is 1. The molecule has 0 aromatic heterocycles. The normalized spacial score (nSPS) is 10.4. The number of alkyl halides is 2. The Morgan fingerprint density at radius 3 is 2.56 bits per heavy atom. The molecule has 0 aliphatic rings. The molecular formula is C12H13F2NO3. The number of aromatic carboxylic acids is 1. The molecule has 0 aliphatic carbocycles. The Balaban J connectivity index is 2.93. The van der Waals surface area contributed by atoms with Gasteiger partial charge in [-0.1, -0.05) is 19.1 Å². The first-order chi connectivity index (χ1) is 8.45. The summed E-state index contributed by atoms with van der Waals surface area (Å²) < 4.78 is 25.1. The first kappa shape index (κ1) is 14.1. The van der Waals surface area contributed by atoms with E-state index in [2.05, 4.69) is 5.32 Å². The van der Waals surface area contributed by atoms with Gasteiger partial charge in [-0.3, -0.25) is 4.79 Å². The van der Waals surface area contributed by atoms with Crippen molar-refractivity contribution in [2.45, 2.75) is 26.3 Å². The van der Waals surface area contributed by atoms with E-state index in [0.29, 0.717) is 12.0 Å². The van der Waals surface area contributed by atoms with Crippen LogP contribution in [0.5, 0.6) is 0 Å². The van der Waals surface area contributed by atoms with Crippen molar-refractivity contribution in [2.75, 3.05) is 0 Å². The predicted octanol–water partition coefficient (Wildman–Crippen LogP) is 2.35. The van der Waals surface area contributed by atoms with Gasteiger partial charge in [-0.25, -0.2) is 13.6 Å². The fourth-order valence-corrected chi connectivity index (χ4v) is 1.41. The molecule has 0 radical (unpaired) electrons. The minimum Gasteiger partial charge on any atom is -0.478 e. The summed E-state index contributed by atoms with van der Waals surface area (Å²) in [5.41, 5.74) is -0.486. The molecule has 0 saturated carbocycles. The minimum absolute atomic E-state index is 0.121. The lowest BCUT2D eigenvalue weighted by Crippen LogP contribution is -2.21. The van der Waals surface area contributed by atoms with Crippen LogP contribution in [0.2, 0.25) is 0 Å². The van der Waals surface area contributed by atoms with Gasteiger partial charge in [0.15, 0.2) is 0 Å². The van der Waals surface area contributed by atoms with Crippen molar-refractivity contribution in [3.63, 3.8) is 0 Å². The SMILES string of the molecule is CCC(=O)NCc1ccc(C(F)F)c(C(=O)O)c1. The third-order valence-electron chi connectivity index (χ3n) is 2.39. The van der Waals surface area contributed by atoms with Crippen LogP contribution in [-0.4, -0.2) is 17.0 Å². The molecule has 98 valence electrons. The van der Waals surface area contributed by atoms with Crippen LogP contribution in [0.4, 0.5) is 8.78 Å². The molecule has 0 heterocycles. The van der Waals surface area contributed by atoms with Crippen LogP contribution < -0.4 is 5.32 Å². The Labute approximate surface area is 103 Å². The monoisotopic (exact) mass is 257 g/mol. The first-order valence-electron chi connectivity index (χ1n) is 5.36. The molecule has 0 unspecified atom stereocenters. The number of hydrogen-bond donors (Lipinski definition) is 2. The summed E-state index contributed by atoms with van der Waals surface area (Å²) in [5, 5.41) is 11.4. The largest absolute Gasteiger partial charge is 0.478 e. The maximum Gasteiger partial charge on any atom is 0.336 e. The molecular weight excluding hydrogens is 244 g/mol. The van der Waals surface area contributed by atoms with Gasteiger partial charge in [-0.2, -0.15) is 0 Å². The van der Waals surface area contributed by atoms with Gasteiger partial charge >= 0.3 is 5.97 Å². The van der Waals surface area contributed by atoms with Gasteiger partial charge in [0, 0.05) is 18.5 Å². The average Bonchev–Trinajstić information content (AvgIpc) is 2.35. The van der Waals surface area contributed by atoms with Gasteiger partial charge in [-0.05, 0) is 11.6 Å². The highest BCUT2D eigenvalue weighted by atomic mass is 19.3. The van der Waals surface area contributed by atoms with E-state index in [1.54, 1.807) is 6.92 Å². The Bertz CT molecular complexity index is 461. The van der Waals surface area contributed by atoms with Crippen LogP contribution in [0.25, 0.3) is 0 Å². The summed E-state index contributed by atoms with van der Waals surface area (Å²) in [6.45, 7) is 1.80. The van der Waals surface area contributed by atoms with E-state index in [-0.39, 0.29) is 12.5 Å². The zero-order valence-electron chi connectivity index (χ0n) is 9.74. The molecule has 0 atom stereocenters. The summed E-state index contributed by atoms with van der Waals surface area (Å²) >= 11 is 0. The molecule has 4 nitrogen and oxygen atoms in total. The van der Waals surface area contributed by atoms with Gasteiger partial charge in [0.1, 0.15) is 0 Å². The maximum atomic E-state index is 12.6. The lowest BCUT2D eigenvalue weighted by molar-refractivity contribution is -0.120. The number of nitrogens with one attached hydrogen (secondary N) is 1. The Hall–Kier alpha value is -1.98. The van der Waals surface area contributed by atoms with E-state index in [1.807, 2.05) is 0 Å². The molecule has 0 aliphatic heterocycles. The Morgan fingerprint density at radius 1 is 1.39 bits per heavy atom. The molecule has 0 spiro atoms. The number of benzene rings is 1. The molecule has 18 heavy (non-hydrogen) atoms. The second kappa shape index (κ2) is 6.09. The van der Waals surface area contributed by atoms with E-state index >= 15 is 0 Å². The third-order valence-corrected chi connectivity index (χ3v) is 2.39. The van der Waals surface area contributed by atoms with Gasteiger partial charge in [0.05, 0.1) is 5.56 Å². The van der Waals surface area contributed by atoms with Crippen molar-refractivity contribution in [1.82, 2.24) is 5.32 Å². The topological polar surface area (TPSA) is 66.4 Å². The van der Waals surface area contributed by atoms with Crippen molar-refractivity contribution >= 4 is 11.9 Å². The highest BCUT2D eigenvalue weighted by Crippen LogP contribution is 2.24. The minimum atomic E-state index is -2.84. The number of rotatable bonds is 5. The number of carbonyl (C=O) groups is 2. The average molecular weight is 257 g/mol. The number of carboxylic acid groups (broad SMARTS) is 1.